The fourth-order valence-corrected chi connectivity index (χ4v) is 3.26. The summed E-state index contributed by atoms with van der Waals surface area (Å²) >= 11 is 0. The Labute approximate surface area is 142 Å². The molecule has 2 aromatic heterocycles. The third-order valence-electron chi connectivity index (χ3n) is 4.85. The molecular formula is C18H24N4O2. The second kappa shape index (κ2) is 7.13. The van der Waals surface area contributed by atoms with Crippen LogP contribution in [0.15, 0.2) is 30.7 Å². The van der Waals surface area contributed by atoms with E-state index in [2.05, 4.69) is 16.9 Å². The van der Waals surface area contributed by atoms with E-state index in [4.69, 9.17) is 0 Å². The highest BCUT2D eigenvalue weighted by Crippen LogP contribution is 2.30. The molecule has 1 aliphatic heterocycles. The third kappa shape index (κ3) is 3.33. The van der Waals surface area contributed by atoms with E-state index in [-0.39, 0.29) is 11.8 Å². The van der Waals surface area contributed by atoms with Crippen LogP contribution in [0.3, 0.4) is 0 Å². The molecule has 128 valence electrons. The number of carbonyl (C=O) groups is 1. The van der Waals surface area contributed by atoms with Crippen molar-refractivity contribution in [1.29, 1.82) is 0 Å². The Hall–Kier alpha value is -2.21. The van der Waals surface area contributed by atoms with Gasteiger partial charge in [-0.25, -0.2) is 4.98 Å². The maximum Gasteiger partial charge on any atom is 0.272 e. The molecule has 0 unspecified atom stereocenters. The highest BCUT2D eigenvalue weighted by Gasteiger charge is 2.30. The topological polar surface area (TPSA) is 71.2 Å². The smallest absolute Gasteiger partial charge is 0.272 e. The second-order valence-corrected chi connectivity index (χ2v) is 6.37. The van der Waals surface area contributed by atoms with Crippen molar-refractivity contribution in [3.05, 3.63) is 47.8 Å². The molecule has 2 aromatic rings. The molecule has 0 aliphatic carbocycles. The van der Waals surface area contributed by atoms with Crippen molar-refractivity contribution in [3.8, 4) is 0 Å². The quantitative estimate of drug-likeness (QED) is 0.931. The molecular weight excluding hydrogens is 304 g/mol. The van der Waals surface area contributed by atoms with E-state index < -0.39 is 6.10 Å². The second-order valence-electron chi connectivity index (χ2n) is 6.37. The van der Waals surface area contributed by atoms with Gasteiger partial charge in [0.2, 0.25) is 0 Å². The molecule has 1 N–H and O–H groups in total. The zero-order valence-electron chi connectivity index (χ0n) is 14.2. The van der Waals surface area contributed by atoms with Gasteiger partial charge in [0.1, 0.15) is 17.6 Å². The Balaban J connectivity index is 1.62. The van der Waals surface area contributed by atoms with E-state index in [0.717, 1.165) is 24.8 Å². The molecule has 0 spiro atoms. The van der Waals surface area contributed by atoms with Crippen LogP contribution in [-0.2, 0) is 13.5 Å². The number of piperidine rings is 1. The molecule has 1 fully saturated rings. The number of aliphatic hydroxyl groups is 1. The van der Waals surface area contributed by atoms with Gasteiger partial charge in [0.25, 0.3) is 5.91 Å². The lowest BCUT2D eigenvalue weighted by Gasteiger charge is -2.33. The first-order valence-corrected chi connectivity index (χ1v) is 8.49. The zero-order valence-corrected chi connectivity index (χ0v) is 14.2. The number of hydrogen-bond donors (Lipinski definition) is 1. The first-order valence-electron chi connectivity index (χ1n) is 8.49. The molecule has 6 heteroatoms. The van der Waals surface area contributed by atoms with E-state index >= 15 is 0 Å². The van der Waals surface area contributed by atoms with Crippen LogP contribution < -0.4 is 0 Å². The van der Waals surface area contributed by atoms with Crippen LogP contribution in [0.5, 0.6) is 0 Å². The molecule has 0 bridgehead atoms. The fraction of sp³-hybridized carbons (Fsp3) is 0.500. The van der Waals surface area contributed by atoms with E-state index in [1.165, 1.54) is 0 Å². The molecule has 1 saturated heterocycles. The van der Waals surface area contributed by atoms with Gasteiger partial charge in [-0.2, -0.15) is 0 Å². The summed E-state index contributed by atoms with van der Waals surface area (Å²) in [7, 11) is 1.89. The van der Waals surface area contributed by atoms with Gasteiger partial charge in [-0.3, -0.25) is 9.78 Å². The van der Waals surface area contributed by atoms with Crippen LogP contribution in [0.1, 0.15) is 47.7 Å². The predicted molar refractivity (Wildman–Crippen MR) is 90.4 cm³/mol. The minimum Gasteiger partial charge on any atom is -0.385 e. The van der Waals surface area contributed by atoms with Gasteiger partial charge in [-0.1, -0.05) is 6.92 Å². The molecule has 0 radical (unpaired) electrons. The van der Waals surface area contributed by atoms with Crippen LogP contribution in [0.25, 0.3) is 0 Å². The monoisotopic (exact) mass is 328 g/mol. The van der Waals surface area contributed by atoms with Gasteiger partial charge in [0.05, 0.1) is 0 Å². The Morgan fingerprint density at radius 2 is 2.08 bits per heavy atom. The Bertz CT molecular complexity index is 705. The normalized spacial score (nSPS) is 17.0. The van der Waals surface area contributed by atoms with Gasteiger partial charge in [0, 0.05) is 38.7 Å². The number of aromatic nitrogens is 3. The molecule has 1 aliphatic rings. The van der Waals surface area contributed by atoms with Gasteiger partial charge in [-0.15, -0.1) is 0 Å². The minimum atomic E-state index is -0.580. The maximum absolute atomic E-state index is 12.6. The molecule has 6 nitrogen and oxygen atoms in total. The maximum atomic E-state index is 12.6. The van der Waals surface area contributed by atoms with Crippen molar-refractivity contribution >= 4 is 5.91 Å². The summed E-state index contributed by atoms with van der Waals surface area (Å²) in [5.41, 5.74) is 1.63. The van der Waals surface area contributed by atoms with Gasteiger partial charge in [0.15, 0.2) is 0 Å². The van der Waals surface area contributed by atoms with E-state index in [1.54, 1.807) is 12.4 Å². The molecule has 3 heterocycles. The van der Waals surface area contributed by atoms with Crippen molar-refractivity contribution in [3.63, 3.8) is 0 Å². The molecule has 1 amide bonds. The molecule has 3 rings (SSSR count). The van der Waals surface area contributed by atoms with Crippen molar-refractivity contribution in [2.45, 2.75) is 32.3 Å². The number of aryl methyl sites for hydroxylation is 2. The number of imidazole rings is 1. The lowest BCUT2D eigenvalue weighted by atomic mass is 9.90. The minimum absolute atomic E-state index is 0.0183. The van der Waals surface area contributed by atoms with Gasteiger partial charge >= 0.3 is 0 Å². The van der Waals surface area contributed by atoms with Crippen LogP contribution in [0.4, 0.5) is 0 Å². The number of rotatable bonds is 4. The average molecular weight is 328 g/mol. The Morgan fingerprint density at radius 3 is 2.71 bits per heavy atom. The highest BCUT2D eigenvalue weighted by molar-refractivity contribution is 5.92. The molecule has 0 saturated carbocycles. The molecule has 24 heavy (non-hydrogen) atoms. The number of pyridine rings is 1. The largest absolute Gasteiger partial charge is 0.385 e. The Kier molecular flexibility index (Phi) is 4.94. The summed E-state index contributed by atoms with van der Waals surface area (Å²) < 4.78 is 1.85. The third-order valence-corrected chi connectivity index (χ3v) is 4.85. The standard InChI is InChI=1S/C18H24N4O2/c1-3-13-4-7-19-15(12-13)18(24)22-9-5-14(6-10-22)16(23)17-20-8-11-21(17)2/h4,7-8,11-12,14,16,23H,3,5-6,9-10H2,1-2H3/t16-/m1/s1. The SMILES string of the molecule is CCc1ccnc(C(=O)N2CCC([C@@H](O)c3nccn3C)CC2)c1. The van der Waals surface area contributed by atoms with Crippen molar-refractivity contribution in [2.24, 2.45) is 13.0 Å². The number of aliphatic hydroxyl groups excluding tert-OH is 1. The van der Waals surface area contributed by atoms with Crippen molar-refractivity contribution in [2.75, 3.05) is 13.1 Å². The van der Waals surface area contributed by atoms with E-state index in [0.29, 0.717) is 24.6 Å². The number of likely N-dealkylation sites (tertiary alicyclic amines) is 1. The number of hydrogen-bond acceptors (Lipinski definition) is 4. The van der Waals surface area contributed by atoms with Crippen molar-refractivity contribution < 1.29 is 9.90 Å². The van der Waals surface area contributed by atoms with E-state index in [1.807, 2.05) is 34.8 Å². The summed E-state index contributed by atoms with van der Waals surface area (Å²) in [6, 6.07) is 3.81. The lowest BCUT2D eigenvalue weighted by molar-refractivity contribution is 0.0417. The number of amides is 1. The van der Waals surface area contributed by atoms with Gasteiger partial charge in [-0.05, 0) is 42.9 Å². The zero-order chi connectivity index (χ0) is 17.1. The average Bonchev–Trinajstić information content (AvgIpc) is 3.06. The van der Waals surface area contributed by atoms with Crippen molar-refractivity contribution in [1.82, 2.24) is 19.4 Å². The number of nitrogens with zero attached hydrogens (tertiary/aromatic N) is 4. The summed E-state index contributed by atoms with van der Waals surface area (Å²) in [5, 5.41) is 10.5. The molecule has 1 atom stereocenters. The van der Waals surface area contributed by atoms with Crippen LogP contribution in [-0.4, -0.2) is 43.5 Å². The summed E-state index contributed by atoms with van der Waals surface area (Å²) in [6.07, 6.45) is 7.08. The first-order chi connectivity index (χ1) is 11.6. The van der Waals surface area contributed by atoms with Crippen LogP contribution in [0, 0.1) is 5.92 Å². The predicted octanol–water partition coefficient (Wildman–Crippen LogP) is 1.96. The van der Waals surface area contributed by atoms with Crippen LogP contribution in [0.2, 0.25) is 0 Å². The fourth-order valence-electron chi connectivity index (χ4n) is 3.26. The summed E-state index contributed by atoms with van der Waals surface area (Å²) in [5.74, 6) is 0.803. The molecule has 0 aromatic carbocycles. The first kappa shape index (κ1) is 16.6. The number of carbonyl (C=O) groups excluding carboxylic acids is 1. The highest BCUT2D eigenvalue weighted by atomic mass is 16.3. The lowest BCUT2D eigenvalue weighted by Crippen LogP contribution is -2.40. The summed E-state index contributed by atoms with van der Waals surface area (Å²) in [6.45, 7) is 3.35. The summed E-state index contributed by atoms with van der Waals surface area (Å²) in [4.78, 5) is 22.9. The van der Waals surface area contributed by atoms with Crippen LogP contribution >= 0.6 is 0 Å². The van der Waals surface area contributed by atoms with E-state index in [9.17, 15) is 9.90 Å². The van der Waals surface area contributed by atoms with Gasteiger partial charge < -0.3 is 14.6 Å². The Morgan fingerprint density at radius 1 is 1.33 bits per heavy atom.